The third-order valence-corrected chi connectivity index (χ3v) is 4.02. The molecule has 0 aliphatic rings. The van der Waals surface area contributed by atoms with Gasteiger partial charge in [-0.15, -0.1) is 0 Å². The summed E-state index contributed by atoms with van der Waals surface area (Å²) in [4.78, 5) is 2.28. The molecule has 88 valence electrons. The van der Waals surface area contributed by atoms with Crippen LogP contribution >= 0.6 is 23.4 Å². The number of nitrogen functional groups attached to an aromatic ring is 1. The van der Waals surface area contributed by atoms with E-state index in [0.717, 1.165) is 10.6 Å². The minimum absolute atomic E-state index is 0.674. The molecule has 0 fully saturated rings. The van der Waals surface area contributed by atoms with Crippen molar-refractivity contribution >= 4 is 29.1 Å². The van der Waals surface area contributed by atoms with Gasteiger partial charge in [0, 0.05) is 20.5 Å². The van der Waals surface area contributed by atoms with E-state index in [1.165, 1.54) is 16.0 Å². The van der Waals surface area contributed by atoms with Gasteiger partial charge in [-0.3, -0.25) is 0 Å². The molecular formula is C14H14ClNS. The van der Waals surface area contributed by atoms with Crippen molar-refractivity contribution in [3.8, 4) is 0 Å². The lowest BCUT2D eigenvalue weighted by molar-refractivity contribution is 1.25. The largest absolute Gasteiger partial charge is 0.398 e. The fourth-order valence-corrected chi connectivity index (χ4v) is 2.75. The Hall–Kier alpha value is -1.12. The summed E-state index contributed by atoms with van der Waals surface area (Å²) in [5.41, 5.74) is 9.19. The molecule has 0 unspecified atom stereocenters. The molecule has 2 rings (SSSR count). The first-order chi connectivity index (χ1) is 8.06. The van der Waals surface area contributed by atoms with Gasteiger partial charge in [-0.1, -0.05) is 35.5 Å². The van der Waals surface area contributed by atoms with E-state index in [0.29, 0.717) is 5.02 Å². The molecule has 2 aromatic rings. The summed E-state index contributed by atoms with van der Waals surface area (Å²) in [6.07, 6.45) is 0. The third-order valence-electron chi connectivity index (χ3n) is 2.54. The fourth-order valence-electron chi connectivity index (χ4n) is 1.55. The van der Waals surface area contributed by atoms with Crippen molar-refractivity contribution in [3.05, 3.63) is 52.5 Å². The molecule has 0 saturated heterocycles. The average Bonchev–Trinajstić information content (AvgIpc) is 2.27. The van der Waals surface area contributed by atoms with Gasteiger partial charge < -0.3 is 5.73 Å². The van der Waals surface area contributed by atoms with Crippen LogP contribution in [0.25, 0.3) is 0 Å². The highest BCUT2D eigenvalue weighted by Gasteiger charge is 2.05. The van der Waals surface area contributed by atoms with Crippen molar-refractivity contribution < 1.29 is 0 Å². The second-order valence-electron chi connectivity index (χ2n) is 4.05. The van der Waals surface area contributed by atoms with E-state index in [1.807, 2.05) is 12.1 Å². The average molecular weight is 264 g/mol. The maximum Gasteiger partial charge on any atom is 0.0470 e. The maximum absolute atomic E-state index is 5.95. The van der Waals surface area contributed by atoms with Crippen molar-refractivity contribution in [2.45, 2.75) is 23.6 Å². The summed E-state index contributed by atoms with van der Waals surface area (Å²) in [5, 5.41) is 0.674. The van der Waals surface area contributed by atoms with Gasteiger partial charge in [-0.2, -0.15) is 0 Å². The van der Waals surface area contributed by atoms with Gasteiger partial charge in [0.15, 0.2) is 0 Å². The Morgan fingerprint density at radius 2 is 1.76 bits per heavy atom. The lowest BCUT2D eigenvalue weighted by Gasteiger charge is -2.09. The summed E-state index contributed by atoms with van der Waals surface area (Å²) in [5.74, 6) is 0. The smallest absolute Gasteiger partial charge is 0.0470 e. The van der Waals surface area contributed by atoms with E-state index in [4.69, 9.17) is 17.3 Å². The van der Waals surface area contributed by atoms with Crippen molar-refractivity contribution in [2.24, 2.45) is 0 Å². The molecule has 3 heteroatoms. The summed E-state index contributed by atoms with van der Waals surface area (Å²) in [6.45, 7) is 4.20. The SMILES string of the molecule is Cc1ccc(C)c(Sc2ccc(Cl)cc2N)c1. The number of nitrogens with two attached hydrogens (primary N) is 1. The number of hydrogen-bond donors (Lipinski definition) is 1. The van der Waals surface area contributed by atoms with Crippen LogP contribution in [0.2, 0.25) is 5.02 Å². The van der Waals surface area contributed by atoms with Gasteiger partial charge >= 0.3 is 0 Å². The second-order valence-corrected chi connectivity index (χ2v) is 5.57. The first kappa shape index (κ1) is 12.3. The van der Waals surface area contributed by atoms with Gasteiger partial charge in [0.2, 0.25) is 0 Å². The van der Waals surface area contributed by atoms with Crippen LogP contribution in [0.15, 0.2) is 46.2 Å². The molecule has 0 atom stereocenters. The van der Waals surface area contributed by atoms with Crippen molar-refractivity contribution in [2.75, 3.05) is 5.73 Å². The predicted molar refractivity (Wildman–Crippen MR) is 75.9 cm³/mol. The van der Waals surface area contributed by atoms with Crippen LogP contribution in [-0.2, 0) is 0 Å². The Bertz CT molecular complexity index is 552. The lowest BCUT2D eigenvalue weighted by Crippen LogP contribution is -1.89. The molecule has 0 amide bonds. The highest BCUT2D eigenvalue weighted by atomic mass is 35.5. The number of anilines is 1. The Labute approximate surface area is 111 Å². The standard InChI is InChI=1S/C14H14ClNS/c1-9-3-4-10(2)14(7-9)17-13-6-5-11(15)8-12(13)16/h3-8H,16H2,1-2H3. The molecule has 0 bridgehead atoms. The third kappa shape index (κ3) is 2.96. The van der Waals surface area contributed by atoms with Gasteiger partial charge in [0.1, 0.15) is 0 Å². The molecule has 0 aromatic heterocycles. The molecule has 1 nitrogen and oxygen atoms in total. The van der Waals surface area contributed by atoms with Crippen LogP contribution in [-0.4, -0.2) is 0 Å². The summed E-state index contributed by atoms with van der Waals surface area (Å²) in [6, 6.07) is 12.0. The van der Waals surface area contributed by atoms with E-state index in [-0.39, 0.29) is 0 Å². The zero-order valence-electron chi connectivity index (χ0n) is 9.83. The van der Waals surface area contributed by atoms with Crippen molar-refractivity contribution in [1.29, 1.82) is 0 Å². The highest BCUT2D eigenvalue weighted by Crippen LogP contribution is 2.35. The highest BCUT2D eigenvalue weighted by molar-refractivity contribution is 7.99. The Morgan fingerprint density at radius 1 is 1.00 bits per heavy atom. The van der Waals surface area contributed by atoms with Crippen LogP contribution in [0.3, 0.4) is 0 Å². The van der Waals surface area contributed by atoms with Gasteiger partial charge in [0.25, 0.3) is 0 Å². The predicted octanol–water partition coefficient (Wildman–Crippen LogP) is 4.69. The van der Waals surface area contributed by atoms with Crippen LogP contribution in [0.5, 0.6) is 0 Å². The second kappa shape index (κ2) is 5.03. The summed E-state index contributed by atoms with van der Waals surface area (Å²) < 4.78 is 0. The maximum atomic E-state index is 5.95. The summed E-state index contributed by atoms with van der Waals surface area (Å²) in [7, 11) is 0. The molecular weight excluding hydrogens is 250 g/mol. The van der Waals surface area contributed by atoms with Crippen molar-refractivity contribution in [3.63, 3.8) is 0 Å². The monoisotopic (exact) mass is 263 g/mol. The number of hydrogen-bond acceptors (Lipinski definition) is 2. The summed E-state index contributed by atoms with van der Waals surface area (Å²) >= 11 is 7.57. The van der Waals surface area contributed by atoms with Crippen LogP contribution in [0, 0.1) is 13.8 Å². The van der Waals surface area contributed by atoms with E-state index in [1.54, 1.807) is 17.8 Å². The molecule has 0 aliphatic carbocycles. The topological polar surface area (TPSA) is 26.0 Å². The molecule has 0 spiro atoms. The Morgan fingerprint density at radius 3 is 2.47 bits per heavy atom. The molecule has 0 radical (unpaired) electrons. The number of rotatable bonds is 2. The number of aryl methyl sites for hydroxylation is 2. The van der Waals surface area contributed by atoms with Crippen LogP contribution in [0.4, 0.5) is 5.69 Å². The molecule has 2 N–H and O–H groups in total. The number of halogens is 1. The first-order valence-electron chi connectivity index (χ1n) is 5.36. The molecule has 17 heavy (non-hydrogen) atoms. The normalized spacial score (nSPS) is 10.5. The zero-order valence-corrected chi connectivity index (χ0v) is 11.4. The first-order valence-corrected chi connectivity index (χ1v) is 6.56. The Kier molecular flexibility index (Phi) is 3.65. The van der Waals surface area contributed by atoms with E-state index in [9.17, 15) is 0 Å². The fraction of sp³-hybridized carbons (Fsp3) is 0.143. The van der Waals surface area contributed by atoms with Crippen LogP contribution in [0.1, 0.15) is 11.1 Å². The van der Waals surface area contributed by atoms with E-state index >= 15 is 0 Å². The molecule has 0 aliphatic heterocycles. The van der Waals surface area contributed by atoms with Gasteiger partial charge in [0.05, 0.1) is 0 Å². The minimum atomic E-state index is 0.674. The Balaban J connectivity index is 2.34. The number of benzene rings is 2. The van der Waals surface area contributed by atoms with E-state index in [2.05, 4.69) is 32.0 Å². The minimum Gasteiger partial charge on any atom is -0.398 e. The van der Waals surface area contributed by atoms with Crippen LogP contribution < -0.4 is 5.73 Å². The van der Waals surface area contributed by atoms with Gasteiger partial charge in [-0.05, 0) is 49.2 Å². The van der Waals surface area contributed by atoms with Crippen molar-refractivity contribution in [1.82, 2.24) is 0 Å². The lowest BCUT2D eigenvalue weighted by atomic mass is 10.2. The molecule has 0 heterocycles. The van der Waals surface area contributed by atoms with Gasteiger partial charge in [-0.25, -0.2) is 0 Å². The zero-order chi connectivity index (χ0) is 12.4. The quantitative estimate of drug-likeness (QED) is 0.796. The molecule has 0 saturated carbocycles. The molecule has 2 aromatic carbocycles. The van der Waals surface area contributed by atoms with E-state index < -0.39 is 0 Å².